The van der Waals surface area contributed by atoms with E-state index in [0.29, 0.717) is 0 Å². The summed E-state index contributed by atoms with van der Waals surface area (Å²) in [6, 6.07) is 41.3. The van der Waals surface area contributed by atoms with Crippen LogP contribution in [-0.4, -0.2) is 0 Å². The smallest absolute Gasteiger partial charge is 0.0754 e. The summed E-state index contributed by atoms with van der Waals surface area (Å²) in [4.78, 5) is 0. The highest BCUT2D eigenvalue weighted by atomic mass is 35.5. The van der Waals surface area contributed by atoms with E-state index in [2.05, 4.69) is 108 Å². The topological polar surface area (TPSA) is 12.0 Å². The number of hydrogen-bond donors (Lipinski definition) is 1. The highest BCUT2D eigenvalue weighted by Gasteiger charge is 2.50. The lowest BCUT2D eigenvalue weighted by atomic mass is 9.65. The lowest BCUT2D eigenvalue weighted by Gasteiger charge is -2.40. The molecule has 1 nitrogen and oxygen atoms in total. The Kier molecular flexibility index (Phi) is 3.88. The number of anilines is 2. The van der Waals surface area contributed by atoms with E-state index in [1.807, 2.05) is 12.1 Å². The summed E-state index contributed by atoms with van der Waals surface area (Å²) in [5.74, 6) is 0. The first-order valence-corrected chi connectivity index (χ1v) is 11.6. The zero-order valence-electron chi connectivity index (χ0n) is 17.8. The molecule has 0 aromatic heterocycles. The van der Waals surface area contributed by atoms with Gasteiger partial charge in [0.1, 0.15) is 0 Å². The van der Waals surface area contributed by atoms with Crippen molar-refractivity contribution in [3.8, 4) is 22.3 Å². The van der Waals surface area contributed by atoms with Crippen LogP contribution in [0.25, 0.3) is 22.3 Å². The molecule has 5 aromatic carbocycles. The fourth-order valence-corrected chi connectivity index (χ4v) is 5.95. The molecule has 0 saturated carbocycles. The summed E-state index contributed by atoms with van der Waals surface area (Å²) in [6.45, 7) is 0. The summed E-state index contributed by atoms with van der Waals surface area (Å²) >= 11 is 6.15. The Labute approximate surface area is 198 Å². The number of rotatable bonds is 2. The SMILES string of the molecule is Clc1ccc(-c2ccc3c(c2)-c2cccc4c2C3(c2ccccc2)c2ccccc2N4)cc1. The monoisotopic (exact) mass is 441 g/mol. The van der Waals surface area contributed by atoms with Crippen LogP contribution in [0.15, 0.2) is 115 Å². The summed E-state index contributed by atoms with van der Waals surface area (Å²) in [6.07, 6.45) is 0. The van der Waals surface area contributed by atoms with Crippen molar-refractivity contribution in [1.82, 2.24) is 0 Å². The van der Waals surface area contributed by atoms with Crippen LogP contribution in [0.1, 0.15) is 22.3 Å². The van der Waals surface area contributed by atoms with E-state index in [1.165, 1.54) is 55.9 Å². The summed E-state index contributed by atoms with van der Waals surface area (Å²) < 4.78 is 0. The van der Waals surface area contributed by atoms with Gasteiger partial charge >= 0.3 is 0 Å². The van der Waals surface area contributed by atoms with Crippen LogP contribution >= 0.6 is 11.6 Å². The molecule has 0 spiro atoms. The summed E-state index contributed by atoms with van der Waals surface area (Å²) in [5, 5.41) is 4.48. The van der Waals surface area contributed by atoms with Crippen LogP contribution in [0.3, 0.4) is 0 Å². The highest BCUT2D eigenvalue weighted by molar-refractivity contribution is 6.30. The predicted molar refractivity (Wildman–Crippen MR) is 137 cm³/mol. The molecular formula is C31H20ClN. The van der Waals surface area contributed by atoms with Gasteiger partial charge in [0.05, 0.1) is 5.41 Å². The standard InChI is InChI=1S/C31H20ClN/c32-23-16-13-20(14-17-23)21-15-18-26-25(19-21)24-9-6-12-29-30(24)31(26,22-7-2-1-3-8-22)27-10-4-5-11-28(27)33-29/h1-19,33H. The molecule has 0 bridgehead atoms. The second kappa shape index (κ2) is 6.84. The molecular weight excluding hydrogens is 422 g/mol. The largest absolute Gasteiger partial charge is 0.355 e. The second-order valence-electron chi connectivity index (χ2n) is 8.78. The zero-order chi connectivity index (χ0) is 22.0. The fourth-order valence-electron chi connectivity index (χ4n) is 5.82. The molecule has 0 radical (unpaired) electrons. The first-order valence-electron chi connectivity index (χ1n) is 11.2. The maximum absolute atomic E-state index is 6.15. The first kappa shape index (κ1) is 18.7. The van der Waals surface area contributed by atoms with Gasteiger partial charge in [-0.15, -0.1) is 0 Å². The normalized spacial score (nSPS) is 17.0. The highest BCUT2D eigenvalue weighted by Crippen LogP contribution is 2.62. The van der Waals surface area contributed by atoms with Gasteiger partial charge in [-0.05, 0) is 69.3 Å². The van der Waals surface area contributed by atoms with Gasteiger partial charge in [-0.2, -0.15) is 0 Å². The molecule has 7 rings (SSSR count). The third kappa shape index (κ3) is 2.49. The van der Waals surface area contributed by atoms with Gasteiger partial charge < -0.3 is 5.32 Å². The lowest BCUT2D eigenvalue weighted by molar-refractivity contribution is 0.763. The second-order valence-corrected chi connectivity index (χ2v) is 9.22. The zero-order valence-corrected chi connectivity index (χ0v) is 18.6. The molecule has 1 atom stereocenters. The van der Waals surface area contributed by atoms with Crippen LogP contribution in [0.5, 0.6) is 0 Å². The Balaban J connectivity index is 1.60. The van der Waals surface area contributed by atoms with Crippen molar-refractivity contribution >= 4 is 23.0 Å². The third-order valence-corrected chi connectivity index (χ3v) is 7.39. The van der Waals surface area contributed by atoms with Gasteiger partial charge in [0.2, 0.25) is 0 Å². The van der Waals surface area contributed by atoms with Crippen molar-refractivity contribution in [2.75, 3.05) is 5.32 Å². The van der Waals surface area contributed by atoms with Gasteiger partial charge in [-0.25, -0.2) is 0 Å². The van der Waals surface area contributed by atoms with Crippen LogP contribution in [0.4, 0.5) is 11.4 Å². The molecule has 2 heteroatoms. The van der Waals surface area contributed by atoms with Gasteiger partial charge in [-0.1, -0.05) is 96.5 Å². The Morgan fingerprint density at radius 1 is 0.545 bits per heavy atom. The fraction of sp³-hybridized carbons (Fsp3) is 0.0323. The number of halogens is 1. The van der Waals surface area contributed by atoms with E-state index < -0.39 is 0 Å². The van der Waals surface area contributed by atoms with Crippen molar-refractivity contribution in [3.63, 3.8) is 0 Å². The molecule has 0 fully saturated rings. The van der Waals surface area contributed by atoms with Crippen molar-refractivity contribution in [1.29, 1.82) is 0 Å². The van der Waals surface area contributed by atoms with E-state index >= 15 is 0 Å². The van der Waals surface area contributed by atoms with E-state index in [4.69, 9.17) is 11.6 Å². The van der Waals surface area contributed by atoms with E-state index in [9.17, 15) is 0 Å². The third-order valence-electron chi connectivity index (χ3n) is 7.14. The van der Waals surface area contributed by atoms with Crippen LogP contribution in [0, 0.1) is 0 Å². The lowest BCUT2D eigenvalue weighted by Crippen LogP contribution is -2.32. The van der Waals surface area contributed by atoms with E-state index in [1.54, 1.807) is 0 Å². The molecule has 1 unspecified atom stereocenters. The maximum atomic E-state index is 6.15. The number of fused-ring (bicyclic) bond motifs is 5. The Morgan fingerprint density at radius 3 is 2.12 bits per heavy atom. The number of benzene rings is 5. The summed E-state index contributed by atoms with van der Waals surface area (Å²) in [7, 11) is 0. The molecule has 2 aliphatic rings. The van der Waals surface area contributed by atoms with Crippen LogP contribution in [-0.2, 0) is 5.41 Å². The van der Waals surface area contributed by atoms with Crippen LogP contribution < -0.4 is 5.32 Å². The molecule has 1 aliphatic heterocycles. The quantitative estimate of drug-likeness (QED) is 0.284. The minimum Gasteiger partial charge on any atom is -0.355 e. The molecule has 5 aromatic rings. The molecule has 0 amide bonds. The maximum Gasteiger partial charge on any atom is 0.0754 e. The van der Waals surface area contributed by atoms with E-state index in [-0.39, 0.29) is 5.41 Å². The Bertz CT molecular complexity index is 1540. The number of nitrogens with one attached hydrogen (secondary N) is 1. The minimum absolute atomic E-state index is 0.344. The molecule has 1 N–H and O–H groups in total. The predicted octanol–water partition coefficient (Wildman–Crippen LogP) is 8.43. The molecule has 1 heterocycles. The summed E-state index contributed by atoms with van der Waals surface area (Å²) in [5.41, 5.74) is 12.2. The Morgan fingerprint density at radius 2 is 1.27 bits per heavy atom. The van der Waals surface area contributed by atoms with Gasteiger partial charge in [0.15, 0.2) is 0 Å². The Hall–Kier alpha value is -3.81. The van der Waals surface area contributed by atoms with Gasteiger partial charge in [-0.3, -0.25) is 0 Å². The van der Waals surface area contributed by atoms with Crippen molar-refractivity contribution < 1.29 is 0 Å². The molecule has 0 saturated heterocycles. The van der Waals surface area contributed by atoms with Crippen molar-refractivity contribution in [2.45, 2.75) is 5.41 Å². The average Bonchev–Trinajstić information content (AvgIpc) is 3.18. The molecule has 1 aliphatic carbocycles. The molecule has 33 heavy (non-hydrogen) atoms. The number of hydrogen-bond acceptors (Lipinski definition) is 1. The number of para-hydroxylation sites is 1. The molecule has 156 valence electrons. The first-order chi connectivity index (χ1) is 16.3. The van der Waals surface area contributed by atoms with Gasteiger partial charge in [0.25, 0.3) is 0 Å². The van der Waals surface area contributed by atoms with Crippen molar-refractivity contribution in [3.05, 3.63) is 143 Å². The van der Waals surface area contributed by atoms with Crippen molar-refractivity contribution in [2.24, 2.45) is 0 Å². The minimum atomic E-state index is -0.344. The van der Waals surface area contributed by atoms with Crippen LogP contribution in [0.2, 0.25) is 5.02 Å². The van der Waals surface area contributed by atoms with E-state index in [0.717, 1.165) is 5.02 Å². The average molecular weight is 442 g/mol. The van der Waals surface area contributed by atoms with Gasteiger partial charge in [0, 0.05) is 22.0 Å².